The van der Waals surface area contributed by atoms with Crippen molar-refractivity contribution in [3.63, 3.8) is 0 Å². The fraction of sp³-hybridized carbons (Fsp3) is 0.0500. The Morgan fingerprint density at radius 1 is 1.19 bits per heavy atom. The molecule has 2 N–H and O–H groups in total. The molecule has 0 aliphatic rings. The van der Waals surface area contributed by atoms with E-state index in [9.17, 15) is 9.59 Å². The first kappa shape index (κ1) is 17.1. The summed E-state index contributed by atoms with van der Waals surface area (Å²) in [7, 11) is 0. The third-order valence-corrected chi connectivity index (χ3v) is 5.41. The highest BCUT2D eigenvalue weighted by Gasteiger charge is 2.16. The van der Waals surface area contributed by atoms with E-state index in [0.29, 0.717) is 5.65 Å². The Morgan fingerprint density at radius 3 is 2.67 bits per heavy atom. The summed E-state index contributed by atoms with van der Waals surface area (Å²) in [6, 6.07) is 16.2. The van der Waals surface area contributed by atoms with E-state index < -0.39 is 11.5 Å². The molecule has 0 unspecified atom stereocenters. The number of fused-ring (bicyclic) bond motifs is 1. The zero-order valence-corrected chi connectivity index (χ0v) is 15.2. The third kappa shape index (κ3) is 3.13. The van der Waals surface area contributed by atoms with Crippen molar-refractivity contribution in [1.29, 1.82) is 0 Å². The van der Waals surface area contributed by atoms with Gasteiger partial charge in [0, 0.05) is 27.7 Å². The van der Waals surface area contributed by atoms with E-state index in [-0.39, 0.29) is 5.56 Å². The average molecular weight is 377 g/mol. The quantitative estimate of drug-likeness (QED) is 0.564. The standard InChI is InChI=1S/C20H15N3O3S/c1-12-9-13(7-8-17(12)27-14-5-3-2-4-6-14)15-11-22-23-18(15)21-10-16(19(23)24)20(25)26/h2-11,22H,1H3,(H,25,26). The maximum atomic E-state index is 12.2. The predicted octanol–water partition coefficient (Wildman–Crippen LogP) is 3.85. The van der Waals surface area contributed by atoms with Crippen LogP contribution in [0.4, 0.5) is 0 Å². The lowest BCUT2D eigenvalue weighted by Gasteiger charge is -2.08. The number of hydrogen-bond donors (Lipinski definition) is 2. The third-order valence-electron chi connectivity index (χ3n) is 4.23. The predicted molar refractivity (Wildman–Crippen MR) is 104 cm³/mol. The molecule has 0 fully saturated rings. The van der Waals surface area contributed by atoms with Gasteiger partial charge in [-0.25, -0.2) is 14.3 Å². The molecule has 134 valence electrons. The number of aryl methyl sites for hydroxylation is 1. The van der Waals surface area contributed by atoms with Crippen molar-refractivity contribution < 1.29 is 9.90 Å². The first-order valence-corrected chi connectivity index (χ1v) is 9.02. The summed E-state index contributed by atoms with van der Waals surface area (Å²) in [6.07, 6.45) is 2.76. The fourth-order valence-electron chi connectivity index (χ4n) is 2.86. The van der Waals surface area contributed by atoms with Crippen LogP contribution in [0.25, 0.3) is 16.8 Å². The molecule has 0 bridgehead atoms. The summed E-state index contributed by atoms with van der Waals surface area (Å²) >= 11 is 1.69. The van der Waals surface area contributed by atoms with Crippen molar-refractivity contribution >= 4 is 23.4 Å². The number of hydrogen-bond acceptors (Lipinski definition) is 4. The molecule has 0 spiro atoms. The molecule has 0 amide bonds. The lowest BCUT2D eigenvalue weighted by atomic mass is 10.1. The van der Waals surface area contributed by atoms with E-state index in [1.54, 1.807) is 18.0 Å². The average Bonchev–Trinajstić information content (AvgIpc) is 3.09. The van der Waals surface area contributed by atoms with E-state index in [0.717, 1.165) is 37.2 Å². The number of aromatic carboxylic acids is 1. The van der Waals surface area contributed by atoms with Gasteiger partial charge >= 0.3 is 5.97 Å². The number of carbonyl (C=O) groups is 1. The topological polar surface area (TPSA) is 87.5 Å². The second-order valence-corrected chi connectivity index (χ2v) is 7.14. The monoisotopic (exact) mass is 377 g/mol. The summed E-state index contributed by atoms with van der Waals surface area (Å²) in [4.78, 5) is 29.8. The molecule has 2 heterocycles. The van der Waals surface area contributed by atoms with Crippen LogP contribution in [0.2, 0.25) is 0 Å². The van der Waals surface area contributed by atoms with Gasteiger partial charge in [-0.3, -0.25) is 9.89 Å². The van der Waals surface area contributed by atoms with E-state index in [1.165, 1.54) is 0 Å². The van der Waals surface area contributed by atoms with E-state index >= 15 is 0 Å². The van der Waals surface area contributed by atoms with Gasteiger partial charge in [0.2, 0.25) is 0 Å². The van der Waals surface area contributed by atoms with Gasteiger partial charge in [-0.1, -0.05) is 42.1 Å². The molecular formula is C20H15N3O3S. The van der Waals surface area contributed by atoms with Gasteiger partial charge in [0.25, 0.3) is 5.56 Å². The SMILES string of the molecule is Cc1cc(-c2c[nH]n3c(=O)c(C(=O)O)cnc23)ccc1Sc1ccccc1. The number of benzene rings is 2. The Morgan fingerprint density at radius 2 is 1.96 bits per heavy atom. The Kier molecular flexibility index (Phi) is 4.29. The van der Waals surface area contributed by atoms with E-state index in [4.69, 9.17) is 5.11 Å². The van der Waals surface area contributed by atoms with E-state index in [2.05, 4.69) is 22.2 Å². The summed E-state index contributed by atoms with van der Waals surface area (Å²) in [5, 5.41) is 11.9. The first-order valence-electron chi connectivity index (χ1n) is 8.21. The van der Waals surface area contributed by atoms with Crippen LogP contribution in [0.3, 0.4) is 0 Å². The van der Waals surface area contributed by atoms with Crippen molar-refractivity contribution in [1.82, 2.24) is 14.6 Å². The fourth-order valence-corrected chi connectivity index (χ4v) is 3.77. The molecule has 0 saturated carbocycles. The molecule has 2 aromatic carbocycles. The molecule has 7 heteroatoms. The summed E-state index contributed by atoms with van der Waals surface area (Å²) < 4.78 is 1.15. The second kappa shape index (κ2) is 6.77. The zero-order valence-electron chi connectivity index (χ0n) is 14.3. The van der Waals surface area contributed by atoms with Crippen molar-refractivity contribution in [3.8, 4) is 11.1 Å². The molecule has 0 aliphatic heterocycles. The maximum absolute atomic E-state index is 12.2. The lowest BCUT2D eigenvalue weighted by Crippen LogP contribution is -2.22. The van der Waals surface area contributed by atoms with Gasteiger partial charge in [-0.2, -0.15) is 0 Å². The van der Waals surface area contributed by atoms with Gasteiger partial charge < -0.3 is 5.11 Å². The minimum Gasteiger partial charge on any atom is -0.477 e. The number of carboxylic acids is 1. The van der Waals surface area contributed by atoms with Crippen molar-refractivity contribution in [2.45, 2.75) is 16.7 Å². The highest BCUT2D eigenvalue weighted by atomic mass is 32.2. The number of aromatic nitrogens is 3. The smallest absolute Gasteiger partial charge is 0.343 e. The van der Waals surface area contributed by atoms with Gasteiger partial charge in [0.1, 0.15) is 5.56 Å². The zero-order chi connectivity index (χ0) is 19.0. The highest BCUT2D eigenvalue weighted by molar-refractivity contribution is 7.99. The molecule has 0 aliphatic carbocycles. The van der Waals surface area contributed by atoms with Crippen LogP contribution in [0, 0.1) is 6.92 Å². The molecular weight excluding hydrogens is 362 g/mol. The minimum absolute atomic E-state index is 0.369. The molecule has 0 radical (unpaired) electrons. The van der Waals surface area contributed by atoms with Crippen molar-refractivity contribution in [2.75, 3.05) is 0 Å². The van der Waals surface area contributed by atoms with Gasteiger partial charge in [-0.05, 0) is 36.2 Å². The van der Waals surface area contributed by atoms with Crippen molar-refractivity contribution in [3.05, 3.63) is 82.4 Å². The van der Waals surface area contributed by atoms with Crippen LogP contribution < -0.4 is 5.56 Å². The van der Waals surface area contributed by atoms with E-state index in [1.807, 2.05) is 43.3 Å². The number of H-pyrrole nitrogens is 1. The molecule has 4 rings (SSSR count). The Bertz CT molecular complexity index is 1210. The Labute approximate surface area is 158 Å². The maximum Gasteiger partial charge on any atom is 0.343 e. The molecule has 4 aromatic rings. The molecule has 27 heavy (non-hydrogen) atoms. The van der Waals surface area contributed by atoms with Crippen LogP contribution in [0.5, 0.6) is 0 Å². The van der Waals surface area contributed by atoms with Crippen LogP contribution in [-0.2, 0) is 0 Å². The number of carboxylic acid groups (broad SMARTS) is 1. The van der Waals surface area contributed by atoms with Crippen LogP contribution >= 0.6 is 11.8 Å². The Balaban J connectivity index is 1.74. The van der Waals surface area contributed by atoms with Crippen LogP contribution in [-0.4, -0.2) is 25.7 Å². The number of aromatic amines is 1. The number of nitrogens with zero attached hydrogens (tertiary/aromatic N) is 2. The number of nitrogens with one attached hydrogen (secondary N) is 1. The van der Waals surface area contributed by atoms with Gasteiger partial charge in [0.05, 0.1) is 0 Å². The van der Waals surface area contributed by atoms with Gasteiger partial charge in [0.15, 0.2) is 5.65 Å². The second-order valence-electron chi connectivity index (χ2n) is 6.02. The van der Waals surface area contributed by atoms with Crippen molar-refractivity contribution in [2.24, 2.45) is 0 Å². The lowest BCUT2D eigenvalue weighted by molar-refractivity contribution is 0.0694. The molecule has 6 nitrogen and oxygen atoms in total. The highest BCUT2D eigenvalue weighted by Crippen LogP contribution is 2.33. The summed E-state index contributed by atoms with van der Waals surface area (Å²) in [5.74, 6) is -1.30. The largest absolute Gasteiger partial charge is 0.477 e. The van der Waals surface area contributed by atoms with Crippen LogP contribution in [0.1, 0.15) is 15.9 Å². The molecule has 2 aromatic heterocycles. The normalized spacial score (nSPS) is 11.0. The van der Waals surface area contributed by atoms with Crippen LogP contribution in [0.15, 0.2) is 75.5 Å². The van der Waals surface area contributed by atoms with Gasteiger partial charge in [-0.15, -0.1) is 0 Å². The molecule has 0 saturated heterocycles. The summed E-state index contributed by atoms with van der Waals surface area (Å²) in [6.45, 7) is 2.03. The first-order chi connectivity index (χ1) is 13.0. The molecule has 0 atom stereocenters. The Hall–Kier alpha value is -3.32. The summed E-state index contributed by atoms with van der Waals surface area (Å²) in [5.41, 5.74) is 2.14. The number of rotatable bonds is 4. The minimum atomic E-state index is -1.30.